The lowest BCUT2D eigenvalue weighted by atomic mass is 10.0. The summed E-state index contributed by atoms with van der Waals surface area (Å²) in [5.41, 5.74) is 0.740. The zero-order valence-electron chi connectivity index (χ0n) is 14.6. The summed E-state index contributed by atoms with van der Waals surface area (Å²) in [7, 11) is 0. The number of piperidine rings is 1. The summed E-state index contributed by atoms with van der Waals surface area (Å²) in [6, 6.07) is 10.7. The molecule has 3 rings (SSSR count). The monoisotopic (exact) mass is 391 g/mol. The molecule has 1 fully saturated rings. The largest absolute Gasteiger partial charge is 0.349 e. The second-order valence-electron chi connectivity index (χ2n) is 6.43. The quantitative estimate of drug-likeness (QED) is 0.818. The fourth-order valence-corrected chi connectivity index (χ4v) is 3.79. The first-order valence-electron chi connectivity index (χ1n) is 8.68. The van der Waals surface area contributed by atoms with E-state index in [2.05, 4.69) is 15.5 Å². The first kappa shape index (κ1) is 18.9. The Morgan fingerprint density at radius 2 is 1.88 bits per heavy atom. The second kappa shape index (κ2) is 8.66. The third-order valence-corrected chi connectivity index (χ3v) is 5.77. The second-order valence-corrected chi connectivity index (χ2v) is 7.82. The summed E-state index contributed by atoms with van der Waals surface area (Å²) in [4.78, 5) is 27.5. The summed E-state index contributed by atoms with van der Waals surface area (Å²) >= 11 is 7.31. The molecule has 26 heavy (non-hydrogen) atoms. The van der Waals surface area contributed by atoms with Crippen molar-refractivity contribution in [1.82, 2.24) is 10.2 Å². The first-order chi connectivity index (χ1) is 12.5. The molecule has 0 bridgehead atoms. The lowest BCUT2D eigenvalue weighted by molar-refractivity contribution is -0.121. The Bertz CT molecular complexity index is 741. The minimum Gasteiger partial charge on any atom is -0.349 e. The van der Waals surface area contributed by atoms with Crippen LogP contribution in [-0.4, -0.2) is 41.9 Å². The molecule has 0 aliphatic carbocycles. The smallest absolute Gasteiger partial charge is 0.261 e. The molecule has 1 unspecified atom stereocenters. The molecule has 1 atom stereocenters. The van der Waals surface area contributed by atoms with E-state index in [0.717, 1.165) is 36.5 Å². The van der Waals surface area contributed by atoms with Gasteiger partial charge in [0.1, 0.15) is 0 Å². The molecular formula is C19H22ClN3O2S. The number of amides is 2. The van der Waals surface area contributed by atoms with Crippen LogP contribution in [0.1, 0.15) is 29.4 Å². The molecule has 1 saturated heterocycles. The predicted molar refractivity (Wildman–Crippen MR) is 106 cm³/mol. The zero-order chi connectivity index (χ0) is 18.5. The minimum atomic E-state index is -0.223. The minimum absolute atomic E-state index is 0.00743. The Balaban J connectivity index is 1.46. The number of thiophene rings is 1. The van der Waals surface area contributed by atoms with Crippen molar-refractivity contribution in [2.45, 2.75) is 31.8 Å². The van der Waals surface area contributed by atoms with Crippen molar-refractivity contribution in [3.8, 4) is 0 Å². The van der Waals surface area contributed by atoms with Crippen molar-refractivity contribution in [3.63, 3.8) is 0 Å². The molecule has 1 aromatic heterocycles. The molecule has 5 nitrogen and oxygen atoms in total. The number of anilines is 1. The third kappa shape index (κ3) is 4.84. The van der Waals surface area contributed by atoms with Gasteiger partial charge in [-0.25, -0.2) is 0 Å². The maximum absolute atomic E-state index is 12.5. The summed E-state index contributed by atoms with van der Waals surface area (Å²) in [5.74, 6) is -0.0413. The number of carbonyl (C=O) groups is 2. The van der Waals surface area contributed by atoms with E-state index in [4.69, 9.17) is 11.6 Å². The number of nitrogens with zero attached hydrogens (tertiary/aromatic N) is 1. The molecule has 0 spiro atoms. The van der Waals surface area contributed by atoms with Gasteiger partial charge in [-0.1, -0.05) is 17.7 Å². The van der Waals surface area contributed by atoms with E-state index < -0.39 is 0 Å². The molecule has 2 amide bonds. The SMILES string of the molecule is CC(C(=O)Nc1ccc(Cl)cc1)N1CCC(NC(=O)c2cccs2)CC1. The highest BCUT2D eigenvalue weighted by Gasteiger charge is 2.27. The molecule has 0 radical (unpaired) electrons. The maximum Gasteiger partial charge on any atom is 0.261 e. The van der Waals surface area contributed by atoms with Gasteiger partial charge in [0.2, 0.25) is 5.91 Å². The van der Waals surface area contributed by atoms with E-state index in [0.29, 0.717) is 5.02 Å². The number of halogens is 1. The molecule has 1 aromatic carbocycles. The fraction of sp³-hybridized carbons (Fsp3) is 0.368. The van der Waals surface area contributed by atoms with E-state index in [1.54, 1.807) is 24.3 Å². The van der Waals surface area contributed by atoms with Crippen LogP contribution in [0.4, 0.5) is 5.69 Å². The van der Waals surface area contributed by atoms with E-state index in [9.17, 15) is 9.59 Å². The molecule has 2 N–H and O–H groups in total. The van der Waals surface area contributed by atoms with Crippen LogP contribution in [0.15, 0.2) is 41.8 Å². The third-order valence-electron chi connectivity index (χ3n) is 4.65. The Hall–Kier alpha value is -1.89. The Kier molecular flexibility index (Phi) is 6.29. The number of nitrogens with one attached hydrogen (secondary N) is 2. The number of rotatable bonds is 5. The van der Waals surface area contributed by atoms with Gasteiger partial charge in [0.15, 0.2) is 0 Å². The van der Waals surface area contributed by atoms with Gasteiger partial charge in [-0.2, -0.15) is 0 Å². The normalized spacial score (nSPS) is 16.8. The number of hydrogen-bond acceptors (Lipinski definition) is 4. The van der Waals surface area contributed by atoms with Gasteiger partial charge in [0.25, 0.3) is 5.91 Å². The lowest BCUT2D eigenvalue weighted by Gasteiger charge is -2.35. The highest BCUT2D eigenvalue weighted by molar-refractivity contribution is 7.12. The van der Waals surface area contributed by atoms with Crippen molar-refractivity contribution in [1.29, 1.82) is 0 Å². The van der Waals surface area contributed by atoms with E-state index in [-0.39, 0.29) is 23.9 Å². The summed E-state index contributed by atoms with van der Waals surface area (Å²) < 4.78 is 0. The van der Waals surface area contributed by atoms with E-state index in [1.165, 1.54) is 11.3 Å². The van der Waals surface area contributed by atoms with Gasteiger partial charge in [0, 0.05) is 29.8 Å². The molecule has 7 heteroatoms. The molecule has 1 aliphatic rings. The van der Waals surface area contributed by atoms with Crippen LogP contribution >= 0.6 is 22.9 Å². The Labute approximate surface area is 162 Å². The number of likely N-dealkylation sites (tertiary alicyclic amines) is 1. The average molecular weight is 392 g/mol. The molecule has 138 valence electrons. The van der Waals surface area contributed by atoms with Gasteiger partial charge < -0.3 is 10.6 Å². The van der Waals surface area contributed by atoms with E-state index >= 15 is 0 Å². The van der Waals surface area contributed by atoms with Crippen molar-refractivity contribution >= 4 is 40.4 Å². The number of hydrogen-bond donors (Lipinski definition) is 2. The van der Waals surface area contributed by atoms with Crippen LogP contribution in [0, 0.1) is 0 Å². The fourth-order valence-electron chi connectivity index (χ4n) is 3.04. The molecular weight excluding hydrogens is 370 g/mol. The Morgan fingerprint density at radius 3 is 2.50 bits per heavy atom. The van der Waals surface area contributed by atoms with Crippen LogP contribution < -0.4 is 10.6 Å². The topological polar surface area (TPSA) is 61.4 Å². The standard InChI is InChI=1S/C19H22ClN3O2S/c1-13(18(24)21-15-6-4-14(20)5-7-15)23-10-8-16(9-11-23)22-19(25)17-3-2-12-26-17/h2-7,12-13,16H,8-11H2,1H3,(H,21,24)(H,22,25). The summed E-state index contributed by atoms with van der Waals surface area (Å²) in [5, 5.41) is 8.55. The van der Waals surface area contributed by atoms with Crippen LogP contribution in [0.5, 0.6) is 0 Å². The number of benzene rings is 1. The summed E-state index contributed by atoms with van der Waals surface area (Å²) in [6.45, 7) is 3.48. The van der Waals surface area contributed by atoms with E-state index in [1.807, 2.05) is 24.4 Å². The van der Waals surface area contributed by atoms with Crippen LogP contribution in [-0.2, 0) is 4.79 Å². The van der Waals surface area contributed by atoms with Crippen molar-refractivity contribution < 1.29 is 9.59 Å². The van der Waals surface area contributed by atoms with Gasteiger partial charge in [-0.05, 0) is 55.5 Å². The van der Waals surface area contributed by atoms with Gasteiger partial charge in [-0.15, -0.1) is 11.3 Å². The average Bonchev–Trinajstić information content (AvgIpc) is 3.18. The molecule has 2 heterocycles. The number of carbonyl (C=O) groups excluding carboxylic acids is 2. The molecule has 0 saturated carbocycles. The van der Waals surface area contributed by atoms with Crippen molar-refractivity contribution in [3.05, 3.63) is 51.7 Å². The van der Waals surface area contributed by atoms with Gasteiger partial charge in [-0.3, -0.25) is 14.5 Å². The van der Waals surface area contributed by atoms with Gasteiger partial charge in [0.05, 0.1) is 10.9 Å². The van der Waals surface area contributed by atoms with Crippen molar-refractivity contribution in [2.24, 2.45) is 0 Å². The maximum atomic E-state index is 12.5. The van der Waals surface area contributed by atoms with Crippen LogP contribution in [0.3, 0.4) is 0 Å². The van der Waals surface area contributed by atoms with Crippen LogP contribution in [0.2, 0.25) is 5.02 Å². The highest BCUT2D eigenvalue weighted by Crippen LogP contribution is 2.17. The highest BCUT2D eigenvalue weighted by atomic mass is 35.5. The Morgan fingerprint density at radius 1 is 1.19 bits per heavy atom. The zero-order valence-corrected chi connectivity index (χ0v) is 16.1. The first-order valence-corrected chi connectivity index (χ1v) is 9.93. The predicted octanol–water partition coefficient (Wildman–Crippen LogP) is 3.62. The van der Waals surface area contributed by atoms with Gasteiger partial charge >= 0.3 is 0 Å². The molecule has 2 aromatic rings. The lowest BCUT2D eigenvalue weighted by Crippen LogP contribution is -2.50. The van der Waals surface area contributed by atoms with Crippen LogP contribution in [0.25, 0.3) is 0 Å². The van der Waals surface area contributed by atoms with Crippen molar-refractivity contribution in [2.75, 3.05) is 18.4 Å². The summed E-state index contributed by atoms with van der Waals surface area (Å²) in [6.07, 6.45) is 1.69. The molecule has 1 aliphatic heterocycles.